The highest BCUT2D eigenvalue weighted by molar-refractivity contribution is 6.43. The van der Waals surface area contributed by atoms with E-state index in [2.05, 4.69) is 5.32 Å². The smallest absolute Gasteiger partial charge is 0.407 e. The molecule has 2 amide bonds. The molecule has 2 rings (SSSR count). The largest absolute Gasteiger partial charge is 0.507 e. The number of phenolic OH excluding ortho intramolecular Hbond substituents is 1. The molecule has 1 saturated heterocycles. The highest BCUT2D eigenvalue weighted by Crippen LogP contribution is 2.19. The Morgan fingerprint density at radius 2 is 1.76 bits per heavy atom. The molecule has 1 aliphatic rings. The van der Waals surface area contributed by atoms with Gasteiger partial charge >= 0.3 is 6.09 Å². The van der Waals surface area contributed by atoms with Crippen molar-refractivity contribution < 1.29 is 24.2 Å². The molecule has 136 valence electrons. The molecular weight excluding hydrogens is 324 g/mol. The number of alkyl carbamates (subject to hydrolysis) is 1. The maximum absolute atomic E-state index is 12.3. The van der Waals surface area contributed by atoms with E-state index in [-0.39, 0.29) is 17.4 Å². The van der Waals surface area contributed by atoms with Crippen molar-refractivity contribution in [3.63, 3.8) is 0 Å². The van der Waals surface area contributed by atoms with Crippen molar-refractivity contribution in [2.24, 2.45) is 0 Å². The van der Waals surface area contributed by atoms with E-state index in [0.29, 0.717) is 25.9 Å². The lowest BCUT2D eigenvalue weighted by Gasteiger charge is -2.32. The van der Waals surface area contributed by atoms with Crippen LogP contribution in [0.15, 0.2) is 24.3 Å². The number of aromatic hydroxyl groups is 1. The van der Waals surface area contributed by atoms with Crippen LogP contribution in [0.25, 0.3) is 0 Å². The lowest BCUT2D eigenvalue weighted by molar-refractivity contribution is -0.127. The molecule has 1 fully saturated rings. The van der Waals surface area contributed by atoms with Crippen LogP contribution in [0, 0.1) is 0 Å². The Morgan fingerprint density at radius 1 is 1.16 bits per heavy atom. The minimum atomic E-state index is -0.725. The number of nitrogens with zero attached hydrogens (tertiary/aromatic N) is 1. The third kappa shape index (κ3) is 5.20. The number of phenols is 1. The van der Waals surface area contributed by atoms with Crippen LogP contribution in [-0.4, -0.2) is 52.5 Å². The third-order valence-corrected chi connectivity index (χ3v) is 3.85. The number of carbonyl (C=O) groups is 3. The van der Waals surface area contributed by atoms with Gasteiger partial charge in [0.05, 0.1) is 5.56 Å². The molecule has 0 spiro atoms. The molecule has 0 aromatic heterocycles. The van der Waals surface area contributed by atoms with E-state index in [9.17, 15) is 19.5 Å². The molecule has 0 saturated carbocycles. The second-order valence-corrected chi connectivity index (χ2v) is 7.06. The maximum Gasteiger partial charge on any atom is 0.407 e. The van der Waals surface area contributed by atoms with Crippen LogP contribution in [0.2, 0.25) is 0 Å². The number of benzene rings is 1. The number of hydrogen-bond donors (Lipinski definition) is 2. The Balaban J connectivity index is 1.87. The van der Waals surface area contributed by atoms with Crippen LogP contribution >= 0.6 is 0 Å². The fourth-order valence-electron chi connectivity index (χ4n) is 2.63. The summed E-state index contributed by atoms with van der Waals surface area (Å²) in [6.07, 6.45) is 0.598. The van der Waals surface area contributed by atoms with Gasteiger partial charge in [0, 0.05) is 19.1 Å². The number of rotatable bonds is 3. The normalized spacial score (nSPS) is 15.6. The standard InChI is InChI=1S/C18H24N2O5/c1-18(2,3)25-17(24)19-12-8-10-20(11-9-12)16(23)15(22)13-6-4-5-7-14(13)21/h4-7,12,21H,8-11H2,1-3H3,(H,19,24). The van der Waals surface area contributed by atoms with Gasteiger partial charge in [-0.3, -0.25) is 9.59 Å². The monoisotopic (exact) mass is 348 g/mol. The van der Waals surface area contributed by atoms with Gasteiger partial charge in [0.15, 0.2) is 0 Å². The Bertz CT molecular complexity index is 658. The van der Waals surface area contributed by atoms with Crippen LogP contribution in [-0.2, 0) is 9.53 Å². The van der Waals surface area contributed by atoms with Crippen molar-refractivity contribution in [1.29, 1.82) is 0 Å². The molecule has 0 unspecified atom stereocenters. The quantitative estimate of drug-likeness (QED) is 0.644. The lowest BCUT2D eigenvalue weighted by atomic mass is 10.0. The highest BCUT2D eigenvalue weighted by atomic mass is 16.6. The molecule has 1 aliphatic heterocycles. The van der Waals surface area contributed by atoms with Crippen molar-refractivity contribution in [3.8, 4) is 5.75 Å². The zero-order valence-corrected chi connectivity index (χ0v) is 14.7. The minimum absolute atomic E-state index is 0.00139. The average molecular weight is 348 g/mol. The van der Waals surface area contributed by atoms with Gasteiger partial charge in [0.1, 0.15) is 11.4 Å². The molecule has 7 heteroatoms. The topological polar surface area (TPSA) is 95.9 Å². The van der Waals surface area contributed by atoms with Gasteiger partial charge in [-0.1, -0.05) is 12.1 Å². The fourth-order valence-corrected chi connectivity index (χ4v) is 2.63. The predicted molar refractivity (Wildman–Crippen MR) is 91.4 cm³/mol. The highest BCUT2D eigenvalue weighted by Gasteiger charge is 2.30. The first kappa shape index (κ1) is 18.8. The number of para-hydroxylation sites is 1. The zero-order valence-electron chi connectivity index (χ0n) is 14.7. The van der Waals surface area contributed by atoms with Crippen molar-refractivity contribution in [2.75, 3.05) is 13.1 Å². The van der Waals surface area contributed by atoms with Gasteiger partial charge in [-0.15, -0.1) is 0 Å². The number of Topliss-reactive ketones (excluding diaryl/α,β-unsaturated/α-hetero) is 1. The first-order chi connectivity index (χ1) is 11.7. The van der Waals surface area contributed by atoms with Gasteiger partial charge in [-0.2, -0.15) is 0 Å². The molecule has 2 N–H and O–H groups in total. The number of carbonyl (C=O) groups excluding carboxylic acids is 3. The molecule has 0 aliphatic carbocycles. The van der Waals surface area contributed by atoms with Crippen LogP contribution in [0.3, 0.4) is 0 Å². The van der Waals surface area contributed by atoms with Crippen LogP contribution < -0.4 is 5.32 Å². The van der Waals surface area contributed by atoms with Crippen molar-refractivity contribution >= 4 is 17.8 Å². The Labute approximate surface area is 147 Å². The van der Waals surface area contributed by atoms with E-state index in [1.54, 1.807) is 32.9 Å². The molecule has 0 atom stereocenters. The number of hydrogen-bond acceptors (Lipinski definition) is 5. The number of likely N-dealkylation sites (tertiary alicyclic amines) is 1. The van der Waals surface area contributed by atoms with E-state index in [0.717, 1.165) is 0 Å². The number of ketones is 1. The average Bonchev–Trinajstić information content (AvgIpc) is 2.53. The van der Waals surface area contributed by atoms with E-state index in [4.69, 9.17) is 4.74 Å². The molecule has 7 nitrogen and oxygen atoms in total. The van der Waals surface area contributed by atoms with Crippen LogP contribution in [0.4, 0.5) is 4.79 Å². The lowest BCUT2D eigenvalue weighted by Crippen LogP contribution is -2.49. The fraction of sp³-hybridized carbons (Fsp3) is 0.500. The zero-order chi connectivity index (χ0) is 18.6. The van der Waals surface area contributed by atoms with Gasteiger partial charge in [0.25, 0.3) is 11.7 Å². The van der Waals surface area contributed by atoms with Crippen molar-refractivity contribution in [1.82, 2.24) is 10.2 Å². The van der Waals surface area contributed by atoms with Gasteiger partial charge in [-0.25, -0.2) is 4.79 Å². The number of amides is 2. The van der Waals surface area contributed by atoms with Crippen molar-refractivity contribution in [3.05, 3.63) is 29.8 Å². The summed E-state index contributed by atoms with van der Waals surface area (Å²) in [7, 11) is 0. The summed E-state index contributed by atoms with van der Waals surface area (Å²) in [5, 5.41) is 12.5. The van der Waals surface area contributed by atoms with Crippen LogP contribution in [0.5, 0.6) is 5.75 Å². The molecular formula is C18H24N2O5. The molecule has 0 radical (unpaired) electrons. The van der Waals surface area contributed by atoms with E-state index in [1.165, 1.54) is 17.0 Å². The second kappa shape index (κ2) is 7.55. The summed E-state index contributed by atoms with van der Waals surface area (Å²) in [6, 6.07) is 5.88. The van der Waals surface area contributed by atoms with Crippen LogP contribution in [0.1, 0.15) is 44.0 Å². The number of ether oxygens (including phenoxy) is 1. The molecule has 1 aromatic rings. The summed E-state index contributed by atoms with van der Waals surface area (Å²) < 4.78 is 5.21. The SMILES string of the molecule is CC(C)(C)OC(=O)NC1CCN(C(=O)C(=O)c2ccccc2O)CC1. The summed E-state index contributed by atoms with van der Waals surface area (Å²) >= 11 is 0. The first-order valence-electron chi connectivity index (χ1n) is 8.28. The Hall–Kier alpha value is -2.57. The van der Waals surface area contributed by atoms with E-state index < -0.39 is 23.4 Å². The van der Waals surface area contributed by atoms with Gasteiger partial charge in [-0.05, 0) is 45.7 Å². The molecule has 25 heavy (non-hydrogen) atoms. The van der Waals surface area contributed by atoms with Gasteiger partial charge < -0.3 is 20.1 Å². The summed E-state index contributed by atoms with van der Waals surface area (Å²) in [4.78, 5) is 37.8. The second-order valence-electron chi connectivity index (χ2n) is 7.06. The first-order valence-corrected chi connectivity index (χ1v) is 8.28. The summed E-state index contributed by atoms with van der Waals surface area (Å²) in [6.45, 7) is 6.09. The Morgan fingerprint density at radius 3 is 2.32 bits per heavy atom. The minimum Gasteiger partial charge on any atom is -0.507 e. The number of nitrogens with one attached hydrogen (secondary N) is 1. The Kier molecular flexibility index (Phi) is 5.66. The molecule has 1 aromatic carbocycles. The summed E-state index contributed by atoms with van der Waals surface area (Å²) in [5.74, 6) is -1.57. The third-order valence-electron chi connectivity index (χ3n) is 3.85. The summed E-state index contributed by atoms with van der Waals surface area (Å²) in [5.41, 5.74) is -0.563. The van der Waals surface area contributed by atoms with E-state index >= 15 is 0 Å². The maximum atomic E-state index is 12.3. The van der Waals surface area contributed by atoms with Gasteiger partial charge in [0.2, 0.25) is 0 Å². The predicted octanol–water partition coefficient (Wildman–Crippen LogP) is 2.09. The van der Waals surface area contributed by atoms with Crippen molar-refractivity contribution in [2.45, 2.75) is 45.3 Å². The van der Waals surface area contributed by atoms with E-state index in [1.807, 2.05) is 0 Å². The molecule has 1 heterocycles. The number of piperidine rings is 1. The molecule has 0 bridgehead atoms.